The molecule has 0 spiro atoms. The van der Waals surface area contributed by atoms with Crippen LogP contribution in [0.3, 0.4) is 0 Å². The van der Waals surface area contributed by atoms with Crippen LogP contribution in [0.5, 0.6) is 17.5 Å². The van der Waals surface area contributed by atoms with E-state index in [0.717, 1.165) is 24.1 Å². The Morgan fingerprint density at radius 1 is 1.31 bits per heavy atom. The molecule has 0 saturated carbocycles. The van der Waals surface area contributed by atoms with Crippen LogP contribution in [0.2, 0.25) is 0 Å². The van der Waals surface area contributed by atoms with Gasteiger partial charge in [-0.1, -0.05) is 13.0 Å². The number of carbonyl (C=O) groups excluding carboxylic acids is 1. The van der Waals surface area contributed by atoms with E-state index in [0.29, 0.717) is 4.90 Å². The number of pyridine rings is 2. The third kappa shape index (κ3) is 5.78. The molecule has 2 aromatic rings. The average molecular weight is 573 g/mol. The predicted octanol–water partition coefficient (Wildman–Crippen LogP) is 6.62. The monoisotopic (exact) mass is 572 g/mol. The summed E-state index contributed by atoms with van der Waals surface area (Å²) in [5, 5.41) is 9.62. The van der Waals surface area contributed by atoms with E-state index in [1.165, 1.54) is 30.5 Å². The second-order valence-electron chi connectivity index (χ2n) is 7.30. The van der Waals surface area contributed by atoms with Crippen LogP contribution >= 0.6 is 15.9 Å². The number of hydrogen-bond donors (Lipinski definition) is 1. The molecule has 1 aliphatic rings. The highest BCUT2D eigenvalue weighted by Gasteiger charge is 2.44. The van der Waals surface area contributed by atoms with Crippen molar-refractivity contribution in [3.63, 3.8) is 0 Å². The molecule has 0 aliphatic carbocycles. The van der Waals surface area contributed by atoms with Gasteiger partial charge in [-0.25, -0.2) is 19.1 Å². The van der Waals surface area contributed by atoms with Crippen molar-refractivity contribution >= 4 is 27.8 Å². The summed E-state index contributed by atoms with van der Waals surface area (Å²) in [6.45, 7) is 3.08. The Balaban J connectivity index is 2.05. The molecular weight excluding hydrogens is 552 g/mol. The summed E-state index contributed by atoms with van der Waals surface area (Å²) in [4.78, 5) is 22.2. The largest absolute Gasteiger partial charge is 0.509 e. The molecule has 3 rings (SSSR count). The fourth-order valence-corrected chi connectivity index (χ4v) is 3.44. The first-order chi connectivity index (χ1) is 17.0. The lowest BCUT2D eigenvalue weighted by molar-refractivity contribution is -0.106. The van der Waals surface area contributed by atoms with Crippen LogP contribution in [0, 0.1) is 5.82 Å². The zero-order valence-corrected chi connectivity index (χ0v) is 20.9. The van der Waals surface area contributed by atoms with E-state index >= 15 is 4.39 Å². The number of alkyl halides is 3. The number of nitrogens with zero attached hydrogens (tertiary/aromatic N) is 4. The summed E-state index contributed by atoms with van der Waals surface area (Å²) in [6.07, 6.45) is 0.405. The molecule has 0 saturated heterocycles. The van der Waals surface area contributed by atoms with Crippen LogP contribution in [0.25, 0.3) is 0 Å². The first-order valence-corrected chi connectivity index (χ1v) is 11.3. The molecule has 13 heteroatoms. The molecule has 3 heterocycles. The minimum absolute atomic E-state index is 0.0106. The predicted molar refractivity (Wildman–Crippen MR) is 126 cm³/mol. The number of aromatic nitrogens is 2. The van der Waals surface area contributed by atoms with E-state index < -0.39 is 29.5 Å². The standard InChI is InChI=1S/C23H21BrF4N4O4/c1-4-7-13-10-18(23(26,27)28)31(3)22(34)32(13)19-16(25)11-15(24)20(30-19)36-17-8-6-9-29-21(17)35-12-14(33)5-2/h5-11,33H,4,12H2,1-3H3/b13-7?,14-5+. The van der Waals surface area contributed by atoms with E-state index in [9.17, 15) is 23.1 Å². The Kier molecular flexibility index (Phi) is 8.23. The van der Waals surface area contributed by atoms with Crippen molar-refractivity contribution < 1.29 is 36.9 Å². The third-order valence-corrected chi connectivity index (χ3v) is 5.38. The molecule has 0 atom stereocenters. The van der Waals surface area contributed by atoms with Gasteiger partial charge in [0.15, 0.2) is 17.4 Å². The number of amides is 2. The number of anilines is 1. The van der Waals surface area contributed by atoms with Crippen molar-refractivity contribution in [3.8, 4) is 17.5 Å². The number of hydrogen-bond acceptors (Lipinski definition) is 6. The Morgan fingerprint density at radius 2 is 2.03 bits per heavy atom. The fraction of sp³-hybridized carbons (Fsp3) is 0.261. The van der Waals surface area contributed by atoms with E-state index in [1.807, 2.05) is 0 Å². The highest BCUT2D eigenvalue weighted by atomic mass is 79.9. The molecular formula is C23H21BrF4N4O4. The molecule has 0 unspecified atom stereocenters. The molecule has 36 heavy (non-hydrogen) atoms. The van der Waals surface area contributed by atoms with Gasteiger partial charge in [-0.2, -0.15) is 18.2 Å². The zero-order chi connectivity index (χ0) is 26.6. The first kappa shape index (κ1) is 27.0. The van der Waals surface area contributed by atoms with Gasteiger partial charge in [0.25, 0.3) is 5.88 Å². The maximum Gasteiger partial charge on any atom is 0.431 e. The van der Waals surface area contributed by atoms with Crippen LogP contribution in [0.4, 0.5) is 28.2 Å². The van der Waals surface area contributed by atoms with E-state index in [1.54, 1.807) is 13.8 Å². The average Bonchev–Trinajstić information content (AvgIpc) is 2.82. The van der Waals surface area contributed by atoms with Gasteiger partial charge < -0.3 is 14.6 Å². The number of halogens is 5. The zero-order valence-electron chi connectivity index (χ0n) is 19.3. The van der Waals surface area contributed by atoms with Gasteiger partial charge in [0.05, 0.1) is 10.2 Å². The number of aliphatic hydroxyl groups is 1. The number of aliphatic hydroxyl groups excluding tert-OH is 1. The third-order valence-electron chi connectivity index (χ3n) is 4.81. The van der Waals surface area contributed by atoms with Crippen molar-refractivity contribution in [2.45, 2.75) is 26.4 Å². The number of carbonyl (C=O) groups is 1. The van der Waals surface area contributed by atoms with Crippen molar-refractivity contribution in [2.24, 2.45) is 0 Å². The van der Waals surface area contributed by atoms with Crippen molar-refractivity contribution in [2.75, 3.05) is 18.6 Å². The van der Waals surface area contributed by atoms with Crippen molar-refractivity contribution in [3.05, 3.63) is 70.1 Å². The molecule has 2 amide bonds. The summed E-state index contributed by atoms with van der Waals surface area (Å²) >= 11 is 3.14. The molecule has 0 radical (unpaired) electrons. The lowest BCUT2D eigenvalue weighted by atomic mass is 10.2. The maximum atomic E-state index is 15.0. The number of ether oxygens (including phenoxy) is 2. The van der Waals surface area contributed by atoms with Crippen LogP contribution in [0.1, 0.15) is 20.3 Å². The summed E-state index contributed by atoms with van der Waals surface area (Å²) in [5.74, 6) is -1.77. The molecule has 0 aromatic carbocycles. The molecule has 0 bridgehead atoms. The van der Waals surface area contributed by atoms with Crippen LogP contribution in [-0.4, -0.2) is 45.8 Å². The molecule has 192 valence electrons. The van der Waals surface area contributed by atoms with Gasteiger partial charge in [-0.15, -0.1) is 0 Å². The molecule has 2 aromatic heterocycles. The second kappa shape index (κ2) is 11.0. The van der Waals surface area contributed by atoms with Gasteiger partial charge >= 0.3 is 12.2 Å². The molecule has 1 N–H and O–H groups in total. The summed E-state index contributed by atoms with van der Waals surface area (Å²) in [5.41, 5.74) is -1.39. The minimum Gasteiger partial charge on any atom is -0.509 e. The van der Waals surface area contributed by atoms with Crippen LogP contribution < -0.4 is 14.4 Å². The van der Waals surface area contributed by atoms with Gasteiger partial charge in [0, 0.05) is 13.2 Å². The normalized spacial score (nSPS) is 15.9. The maximum absolute atomic E-state index is 15.0. The van der Waals surface area contributed by atoms with Crippen LogP contribution in [0.15, 0.2) is 64.2 Å². The van der Waals surface area contributed by atoms with Crippen molar-refractivity contribution in [1.29, 1.82) is 0 Å². The quantitative estimate of drug-likeness (QED) is 0.296. The second-order valence-corrected chi connectivity index (χ2v) is 8.15. The smallest absolute Gasteiger partial charge is 0.431 e. The number of rotatable bonds is 7. The van der Waals surface area contributed by atoms with E-state index in [2.05, 4.69) is 25.9 Å². The summed E-state index contributed by atoms with van der Waals surface area (Å²) < 4.78 is 66.6. The van der Waals surface area contributed by atoms with Crippen LogP contribution in [-0.2, 0) is 0 Å². The van der Waals surface area contributed by atoms with Crippen molar-refractivity contribution in [1.82, 2.24) is 14.9 Å². The molecule has 8 nitrogen and oxygen atoms in total. The number of urea groups is 1. The lowest BCUT2D eigenvalue weighted by Crippen LogP contribution is -2.47. The Hall–Kier alpha value is -3.61. The lowest BCUT2D eigenvalue weighted by Gasteiger charge is -2.35. The highest BCUT2D eigenvalue weighted by molar-refractivity contribution is 9.10. The first-order valence-electron chi connectivity index (χ1n) is 10.5. The van der Waals surface area contributed by atoms with Gasteiger partial charge in [-0.05, 0) is 59.6 Å². The topological polar surface area (TPSA) is 88.0 Å². The van der Waals surface area contributed by atoms with Gasteiger partial charge in [0.1, 0.15) is 18.1 Å². The fourth-order valence-electron chi connectivity index (χ4n) is 3.07. The highest BCUT2D eigenvalue weighted by Crippen LogP contribution is 2.39. The van der Waals surface area contributed by atoms with E-state index in [4.69, 9.17) is 9.47 Å². The SMILES string of the molecule is C/C=C(/O)COc1ncccc1Oc1nc(N2C(=O)N(C)C(C(F)(F)F)=CC2=CCC)c(F)cc1Br. The Morgan fingerprint density at radius 3 is 2.67 bits per heavy atom. The number of allylic oxidation sites excluding steroid dienone is 4. The van der Waals surface area contributed by atoms with E-state index in [-0.39, 0.29) is 46.5 Å². The Labute approximate surface area is 212 Å². The van der Waals surface area contributed by atoms with Gasteiger partial charge in [-0.3, -0.25) is 4.90 Å². The van der Waals surface area contributed by atoms with Gasteiger partial charge in [0.2, 0.25) is 5.88 Å². The molecule has 0 fully saturated rings. The molecule has 1 aliphatic heterocycles. The minimum atomic E-state index is -4.80. The summed E-state index contributed by atoms with van der Waals surface area (Å²) in [6, 6.07) is 2.83. The Bertz CT molecular complexity index is 1250. The summed E-state index contributed by atoms with van der Waals surface area (Å²) in [7, 11) is 0.935.